The zero-order valence-corrected chi connectivity index (χ0v) is 24.8. The van der Waals surface area contributed by atoms with Crippen LogP contribution in [-0.2, 0) is 0 Å². The molecule has 2 aromatic heterocycles. The standard InChI is InChI=1S/C40H25NS2/c1-3-9-26(10-4-1)27-15-17-31(18-16-27)41(30-13-5-2-6-14-30)32-19-21-36-35(25-32)39-37(42-36)22-20-33-34-23-28-11-7-8-12-29(28)24-38(34)43-40(33)39/h1-25H. The Hall–Kier alpha value is -4.96. The van der Waals surface area contributed by atoms with Gasteiger partial charge in [0, 0.05) is 57.4 Å². The minimum absolute atomic E-state index is 1.14. The Balaban J connectivity index is 1.25. The third kappa shape index (κ3) is 4.04. The van der Waals surface area contributed by atoms with Gasteiger partial charge in [0.1, 0.15) is 0 Å². The summed E-state index contributed by atoms with van der Waals surface area (Å²) in [5.74, 6) is 0. The maximum Gasteiger partial charge on any atom is 0.0468 e. The molecule has 9 aromatic rings. The molecule has 3 heteroatoms. The first-order valence-corrected chi connectivity index (χ1v) is 16.1. The molecule has 0 radical (unpaired) electrons. The molecule has 0 bridgehead atoms. The first kappa shape index (κ1) is 24.6. The molecule has 0 amide bonds. The van der Waals surface area contributed by atoms with Crippen LogP contribution in [0.3, 0.4) is 0 Å². The summed E-state index contributed by atoms with van der Waals surface area (Å²) >= 11 is 3.81. The molecular weight excluding hydrogens is 559 g/mol. The van der Waals surface area contributed by atoms with Crippen molar-refractivity contribution in [2.75, 3.05) is 4.90 Å². The molecule has 0 saturated carbocycles. The zero-order chi connectivity index (χ0) is 28.3. The SMILES string of the molecule is c1ccc(-c2ccc(N(c3ccccc3)c3ccc4sc5ccc6c7cc8ccccc8cc7sc6c5c4c3)cc2)cc1. The summed E-state index contributed by atoms with van der Waals surface area (Å²) in [5.41, 5.74) is 5.90. The second-order valence-electron chi connectivity index (χ2n) is 11.0. The van der Waals surface area contributed by atoms with Gasteiger partial charge in [0.05, 0.1) is 0 Å². The number of nitrogens with zero attached hydrogens (tertiary/aromatic N) is 1. The van der Waals surface area contributed by atoms with Crippen LogP contribution in [0.15, 0.2) is 152 Å². The van der Waals surface area contributed by atoms with E-state index in [1.54, 1.807) is 0 Å². The number of hydrogen-bond donors (Lipinski definition) is 0. The summed E-state index contributed by atoms with van der Waals surface area (Å²) in [6.07, 6.45) is 0. The van der Waals surface area contributed by atoms with Crippen molar-refractivity contribution < 1.29 is 0 Å². The number of hydrogen-bond acceptors (Lipinski definition) is 3. The predicted octanol–water partition coefficient (Wildman–Crippen LogP) is 12.7. The van der Waals surface area contributed by atoms with Crippen molar-refractivity contribution in [1.29, 1.82) is 0 Å². The van der Waals surface area contributed by atoms with Gasteiger partial charge in [-0.2, -0.15) is 0 Å². The summed E-state index contributed by atoms with van der Waals surface area (Å²) in [4.78, 5) is 2.37. The first-order chi connectivity index (χ1) is 21.3. The van der Waals surface area contributed by atoms with Gasteiger partial charge < -0.3 is 4.90 Å². The summed E-state index contributed by atoms with van der Waals surface area (Å²) < 4.78 is 5.39. The van der Waals surface area contributed by atoms with Crippen LogP contribution in [0, 0.1) is 0 Å². The Labute approximate surface area is 257 Å². The van der Waals surface area contributed by atoms with Gasteiger partial charge in [-0.05, 0) is 82.6 Å². The van der Waals surface area contributed by atoms with Crippen LogP contribution in [0.1, 0.15) is 0 Å². The Morgan fingerprint density at radius 3 is 1.79 bits per heavy atom. The van der Waals surface area contributed by atoms with Crippen molar-refractivity contribution in [2.24, 2.45) is 0 Å². The molecule has 1 nitrogen and oxygen atoms in total. The Morgan fingerprint density at radius 1 is 0.372 bits per heavy atom. The average Bonchev–Trinajstić information content (AvgIpc) is 3.62. The normalized spacial score (nSPS) is 11.7. The van der Waals surface area contributed by atoms with Crippen molar-refractivity contribution >= 4 is 90.9 Å². The lowest BCUT2D eigenvalue weighted by molar-refractivity contribution is 1.29. The summed E-state index contributed by atoms with van der Waals surface area (Å²) in [5, 5.41) is 7.98. The number of para-hydroxylation sites is 1. The molecule has 0 fully saturated rings. The van der Waals surface area contributed by atoms with Crippen molar-refractivity contribution in [3.05, 3.63) is 152 Å². The number of benzene rings is 7. The Morgan fingerprint density at radius 2 is 1.00 bits per heavy atom. The number of fused-ring (bicyclic) bond motifs is 8. The summed E-state index contributed by atoms with van der Waals surface area (Å²) in [7, 11) is 0. The fourth-order valence-electron chi connectivity index (χ4n) is 6.36. The molecule has 9 rings (SSSR count). The van der Waals surface area contributed by atoms with Crippen LogP contribution in [-0.4, -0.2) is 0 Å². The van der Waals surface area contributed by atoms with Gasteiger partial charge in [-0.15, -0.1) is 22.7 Å². The van der Waals surface area contributed by atoms with Gasteiger partial charge in [0.2, 0.25) is 0 Å². The van der Waals surface area contributed by atoms with Crippen molar-refractivity contribution in [1.82, 2.24) is 0 Å². The summed E-state index contributed by atoms with van der Waals surface area (Å²) in [6, 6.07) is 55.2. The highest BCUT2D eigenvalue weighted by atomic mass is 32.1. The van der Waals surface area contributed by atoms with E-state index < -0.39 is 0 Å². The van der Waals surface area contributed by atoms with Gasteiger partial charge in [-0.25, -0.2) is 0 Å². The van der Waals surface area contributed by atoms with Gasteiger partial charge in [-0.1, -0.05) is 91.0 Å². The highest BCUT2D eigenvalue weighted by Gasteiger charge is 2.17. The maximum absolute atomic E-state index is 2.40. The molecule has 0 N–H and O–H groups in total. The van der Waals surface area contributed by atoms with E-state index >= 15 is 0 Å². The van der Waals surface area contributed by atoms with Gasteiger partial charge in [0.25, 0.3) is 0 Å². The molecule has 202 valence electrons. The van der Waals surface area contributed by atoms with E-state index in [-0.39, 0.29) is 0 Å². The lowest BCUT2D eigenvalue weighted by Gasteiger charge is -2.26. The van der Waals surface area contributed by atoms with Crippen LogP contribution >= 0.6 is 22.7 Å². The third-order valence-electron chi connectivity index (χ3n) is 8.43. The third-order valence-corrected chi connectivity index (χ3v) is 10.7. The molecule has 2 heterocycles. The minimum atomic E-state index is 1.14. The quantitative estimate of drug-likeness (QED) is 0.199. The minimum Gasteiger partial charge on any atom is -0.310 e. The number of anilines is 3. The van der Waals surface area contributed by atoms with Crippen LogP contribution in [0.4, 0.5) is 17.1 Å². The van der Waals surface area contributed by atoms with E-state index in [1.165, 1.54) is 62.2 Å². The van der Waals surface area contributed by atoms with E-state index in [4.69, 9.17) is 0 Å². The second-order valence-corrected chi connectivity index (χ2v) is 13.1. The molecular formula is C40H25NS2. The topological polar surface area (TPSA) is 3.24 Å². The molecule has 0 aliphatic carbocycles. The molecule has 0 spiro atoms. The largest absolute Gasteiger partial charge is 0.310 e. The average molecular weight is 584 g/mol. The van der Waals surface area contributed by atoms with E-state index in [9.17, 15) is 0 Å². The van der Waals surface area contributed by atoms with Gasteiger partial charge in [-0.3, -0.25) is 0 Å². The number of thiophene rings is 2. The molecule has 0 aliphatic rings. The maximum atomic E-state index is 2.40. The van der Waals surface area contributed by atoms with Crippen molar-refractivity contribution in [2.45, 2.75) is 0 Å². The molecule has 7 aromatic carbocycles. The van der Waals surface area contributed by atoms with Crippen molar-refractivity contribution in [3.63, 3.8) is 0 Å². The molecule has 0 aliphatic heterocycles. The van der Waals surface area contributed by atoms with E-state index in [2.05, 4.69) is 157 Å². The monoisotopic (exact) mass is 583 g/mol. The number of rotatable bonds is 4. The molecule has 0 saturated heterocycles. The predicted molar refractivity (Wildman–Crippen MR) is 190 cm³/mol. The lowest BCUT2D eigenvalue weighted by Crippen LogP contribution is -2.09. The highest BCUT2D eigenvalue weighted by molar-refractivity contribution is 7.29. The van der Waals surface area contributed by atoms with Crippen LogP contribution in [0.2, 0.25) is 0 Å². The summed E-state index contributed by atoms with van der Waals surface area (Å²) in [6.45, 7) is 0. The van der Waals surface area contributed by atoms with E-state index in [0.717, 1.165) is 17.1 Å². The van der Waals surface area contributed by atoms with Crippen LogP contribution in [0.5, 0.6) is 0 Å². The molecule has 0 atom stereocenters. The lowest BCUT2D eigenvalue weighted by atomic mass is 10.0. The van der Waals surface area contributed by atoms with Crippen molar-refractivity contribution in [3.8, 4) is 11.1 Å². The highest BCUT2D eigenvalue weighted by Crippen LogP contribution is 2.47. The van der Waals surface area contributed by atoms with Crippen LogP contribution in [0.25, 0.3) is 62.2 Å². The Bertz CT molecular complexity index is 2440. The fourth-order valence-corrected chi connectivity index (χ4v) is 8.82. The van der Waals surface area contributed by atoms with Gasteiger partial charge >= 0.3 is 0 Å². The molecule has 43 heavy (non-hydrogen) atoms. The van der Waals surface area contributed by atoms with E-state index in [0.29, 0.717) is 0 Å². The van der Waals surface area contributed by atoms with Gasteiger partial charge in [0.15, 0.2) is 0 Å². The second kappa shape index (κ2) is 9.81. The first-order valence-electron chi connectivity index (χ1n) is 14.5. The molecule has 0 unspecified atom stereocenters. The van der Waals surface area contributed by atoms with Crippen LogP contribution < -0.4 is 4.90 Å². The van der Waals surface area contributed by atoms with E-state index in [1.807, 2.05) is 22.7 Å². The fraction of sp³-hybridized carbons (Fsp3) is 0. The zero-order valence-electron chi connectivity index (χ0n) is 23.2. The Kier molecular flexibility index (Phi) is 5.62. The smallest absolute Gasteiger partial charge is 0.0468 e.